The van der Waals surface area contributed by atoms with Crippen LogP contribution in [0.15, 0.2) is 24.3 Å². The molecule has 18 heavy (non-hydrogen) atoms. The van der Waals surface area contributed by atoms with Crippen LogP contribution in [0.2, 0.25) is 0 Å². The van der Waals surface area contributed by atoms with Gasteiger partial charge in [-0.2, -0.15) is 0 Å². The molecule has 0 amide bonds. The standard InChI is InChI=1S/C12H10FN3S2/c13-8-2-1-7-5-10(17-9(7)6-8)12-16-15-11(18-12)3-4-14/h1-2,5-6H,3-4,14H2. The number of hydrogen-bond donors (Lipinski definition) is 1. The SMILES string of the molecule is NCCc1nnc(-c2cc3ccc(F)cc3s2)s1. The lowest BCUT2D eigenvalue weighted by Crippen LogP contribution is -2.01. The number of fused-ring (bicyclic) bond motifs is 1. The van der Waals surface area contributed by atoms with E-state index in [2.05, 4.69) is 10.2 Å². The molecule has 0 aliphatic heterocycles. The zero-order valence-electron chi connectivity index (χ0n) is 9.39. The van der Waals surface area contributed by atoms with E-state index in [0.29, 0.717) is 6.54 Å². The van der Waals surface area contributed by atoms with Crippen molar-refractivity contribution in [3.63, 3.8) is 0 Å². The molecule has 6 heteroatoms. The van der Waals surface area contributed by atoms with Crippen molar-refractivity contribution in [3.8, 4) is 9.88 Å². The van der Waals surface area contributed by atoms with E-state index in [4.69, 9.17) is 5.73 Å². The summed E-state index contributed by atoms with van der Waals surface area (Å²) >= 11 is 3.08. The Morgan fingerprint density at radius 1 is 1.17 bits per heavy atom. The number of aromatic nitrogens is 2. The summed E-state index contributed by atoms with van der Waals surface area (Å²) in [6.07, 6.45) is 0.747. The highest BCUT2D eigenvalue weighted by atomic mass is 32.1. The van der Waals surface area contributed by atoms with Crippen molar-refractivity contribution in [2.24, 2.45) is 5.73 Å². The van der Waals surface area contributed by atoms with Gasteiger partial charge >= 0.3 is 0 Å². The van der Waals surface area contributed by atoms with E-state index in [0.717, 1.165) is 31.4 Å². The van der Waals surface area contributed by atoms with Gasteiger partial charge in [0.2, 0.25) is 0 Å². The second kappa shape index (κ2) is 4.72. The van der Waals surface area contributed by atoms with Gasteiger partial charge in [-0.3, -0.25) is 0 Å². The first kappa shape index (κ1) is 11.7. The van der Waals surface area contributed by atoms with E-state index in [9.17, 15) is 4.39 Å². The predicted molar refractivity (Wildman–Crippen MR) is 73.4 cm³/mol. The first-order valence-corrected chi connectivity index (χ1v) is 7.11. The Morgan fingerprint density at radius 3 is 2.89 bits per heavy atom. The van der Waals surface area contributed by atoms with Gasteiger partial charge in [0.25, 0.3) is 0 Å². The minimum Gasteiger partial charge on any atom is -0.330 e. The molecule has 3 nitrogen and oxygen atoms in total. The summed E-state index contributed by atoms with van der Waals surface area (Å²) in [4.78, 5) is 1.02. The molecular formula is C12H10FN3S2. The van der Waals surface area contributed by atoms with E-state index < -0.39 is 0 Å². The third kappa shape index (κ3) is 2.14. The second-order valence-electron chi connectivity index (χ2n) is 3.83. The molecule has 2 aromatic heterocycles. The van der Waals surface area contributed by atoms with E-state index in [1.165, 1.54) is 17.4 Å². The quantitative estimate of drug-likeness (QED) is 0.801. The Hall–Kier alpha value is -1.37. The average Bonchev–Trinajstić information content (AvgIpc) is 2.94. The normalized spacial score (nSPS) is 11.2. The van der Waals surface area contributed by atoms with Gasteiger partial charge in [-0.25, -0.2) is 4.39 Å². The van der Waals surface area contributed by atoms with E-state index >= 15 is 0 Å². The summed E-state index contributed by atoms with van der Waals surface area (Å²) in [5, 5.41) is 11.1. The topological polar surface area (TPSA) is 51.8 Å². The molecule has 1 aromatic carbocycles. The van der Waals surface area contributed by atoms with E-state index in [1.807, 2.05) is 6.07 Å². The lowest BCUT2D eigenvalue weighted by Gasteiger charge is -1.86. The summed E-state index contributed by atoms with van der Waals surface area (Å²) in [7, 11) is 0. The van der Waals surface area contributed by atoms with Crippen LogP contribution >= 0.6 is 22.7 Å². The van der Waals surface area contributed by atoms with Crippen molar-refractivity contribution in [2.45, 2.75) is 6.42 Å². The summed E-state index contributed by atoms with van der Waals surface area (Å²) in [5.41, 5.74) is 5.49. The van der Waals surface area contributed by atoms with Crippen molar-refractivity contribution in [3.05, 3.63) is 35.1 Å². The lowest BCUT2D eigenvalue weighted by atomic mass is 10.2. The number of benzene rings is 1. The molecule has 92 valence electrons. The summed E-state index contributed by atoms with van der Waals surface area (Å²) in [6, 6.07) is 6.82. The Kier molecular flexibility index (Phi) is 3.07. The third-order valence-corrected chi connectivity index (χ3v) is 4.77. The lowest BCUT2D eigenvalue weighted by molar-refractivity contribution is 0.630. The van der Waals surface area contributed by atoms with Crippen LogP contribution in [0.25, 0.3) is 20.0 Å². The molecule has 3 aromatic rings. The number of hydrogen-bond acceptors (Lipinski definition) is 5. The van der Waals surface area contributed by atoms with E-state index in [1.54, 1.807) is 23.5 Å². The molecule has 0 saturated heterocycles. The van der Waals surface area contributed by atoms with Gasteiger partial charge in [0.1, 0.15) is 10.8 Å². The van der Waals surface area contributed by atoms with Gasteiger partial charge in [-0.1, -0.05) is 17.4 Å². The number of rotatable bonds is 3. The molecule has 3 rings (SSSR count). The van der Waals surface area contributed by atoms with Crippen LogP contribution in [-0.2, 0) is 6.42 Å². The Bertz CT molecular complexity index is 690. The van der Waals surface area contributed by atoms with Crippen LogP contribution in [0.1, 0.15) is 5.01 Å². The van der Waals surface area contributed by atoms with Gasteiger partial charge < -0.3 is 5.73 Å². The van der Waals surface area contributed by atoms with Gasteiger partial charge in [0.05, 0.1) is 4.88 Å². The number of thiophene rings is 1. The molecular weight excluding hydrogens is 269 g/mol. The fourth-order valence-corrected chi connectivity index (χ4v) is 3.67. The molecule has 0 aliphatic rings. The van der Waals surface area contributed by atoms with Crippen molar-refractivity contribution < 1.29 is 4.39 Å². The van der Waals surface area contributed by atoms with Crippen LogP contribution in [0.5, 0.6) is 0 Å². The van der Waals surface area contributed by atoms with Crippen molar-refractivity contribution in [1.82, 2.24) is 10.2 Å². The highest BCUT2D eigenvalue weighted by molar-refractivity contribution is 7.25. The fraction of sp³-hybridized carbons (Fsp3) is 0.167. The molecule has 0 fully saturated rings. The maximum atomic E-state index is 13.1. The highest BCUT2D eigenvalue weighted by Gasteiger charge is 2.10. The maximum Gasteiger partial charge on any atom is 0.157 e. The predicted octanol–water partition coefficient (Wildman–Crippen LogP) is 3.06. The minimum atomic E-state index is -0.211. The molecule has 0 aliphatic carbocycles. The van der Waals surface area contributed by atoms with Crippen molar-refractivity contribution >= 4 is 32.8 Å². The average molecular weight is 279 g/mol. The summed E-state index contributed by atoms with van der Waals surface area (Å²) in [6.45, 7) is 0.576. The first-order valence-electron chi connectivity index (χ1n) is 5.48. The van der Waals surface area contributed by atoms with Crippen LogP contribution in [0.4, 0.5) is 4.39 Å². The molecule has 0 atom stereocenters. The smallest absolute Gasteiger partial charge is 0.157 e. The minimum absolute atomic E-state index is 0.211. The third-order valence-electron chi connectivity index (χ3n) is 2.52. The summed E-state index contributed by atoms with van der Waals surface area (Å²) in [5.74, 6) is -0.211. The van der Waals surface area contributed by atoms with Crippen LogP contribution in [0.3, 0.4) is 0 Å². The molecule has 0 bridgehead atoms. The summed E-state index contributed by atoms with van der Waals surface area (Å²) < 4.78 is 14.1. The molecule has 2 N–H and O–H groups in total. The monoisotopic (exact) mass is 279 g/mol. The van der Waals surface area contributed by atoms with E-state index in [-0.39, 0.29) is 5.82 Å². The number of halogens is 1. The number of nitrogens with zero attached hydrogens (tertiary/aromatic N) is 2. The van der Waals surface area contributed by atoms with Gasteiger partial charge in [0, 0.05) is 11.1 Å². The highest BCUT2D eigenvalue weighted by Crippen LogP contribution is 2.35. The van der Waals surface area contributed by atoms with Gasteiger partial charge in [-0.15, -0.1) is 21.5 Å². The maximum absolute atomic E-state index is 13.1. The Balaban J connectivity index is 2.02. The molecule has 0 radical (unpaired) electrons. The zero-order chi connectivity index (χ0) is 12.5. The van der Waals surface area contributed by atoms with Gasteiger partial charge in [0.15, 0.2) is 5.01 Å². The van der Waals surface area contributed by atoms with Gasteiger partial charge in [-0.05, 0) is 30.1 Å². The Morgan fingerprint density at radius 2 is 2.06 bits per heavy atom. The van der Waals surface area contributed by atoms with Crippen LogP contribution in [-0.4, -0.2) is 16.7 Å². The molecule has 0 saturated carbocycles. The Labute approximate surface area is 111 Å². The molecule has 0 unspecified atom stereocenters. The number of nitrogens with two attached hydrogens (primary N) is 1. The first-order chi connectivity index (χ1) is 8.76. The fourth-order valence-electron chi connectivity index (χ4n) is 1.69. The van der Waals surface area contributed by atoms with Crippen LogP contribution in [0, 0.1) is 5.82 Å². The van der Waals surface area contributed by atoms with Crippen LogP contribution < -0.4 is 5.73 Å². The molecule has 2 heterocycles. The largest absolute Gasteiger partial charge is 0.330 e. The van der Waals surface area contributed by atoms with Crippen molar-refractivity contribution in [1.29, 1.82) is 0 Å². The second-order valence-corrected chi connectivity index (χ2v) is 5.98. The van der Waals surface area contributed by atoms with Crippen molar-refractivity contribution in [2.75, 3.05) is 6.54 Å². The zero-order valence-corrected chi connectivity index (χ0v) is 11.0. The molecule has 0 spiro atoms.